The maximum Gasteiger partial charge on any atom is 0.418 e. The van der Waals surface area contributed by atoms with Crippen LogP contribution in [-0.2, 0) is 6.18 Å². The van der Waals surface area contributed by atoms with Gasteiger partial charge < -0.3 is 10.2 Å². The van der Waals surface area contributed by atoms with Crippen molar-refractivity contribution >= 4 is 5.69 Å². The highest BCUT2D eigenvalue weighted by Gasteiger charge is 2.35. The lowest BCUT2D eigenvalue weighted by molar-refractivity contribution is -0.137. The van der Waals surface area contributed by atoms with Gasteiger partial charge in [0.1, 0.15) is 0 Å². The van der Waals surface area contributed by atoms with Crippen molar-refractivity contribution in [2.45, 2.75) is 19.1 Å². The van der Waals surface area contributed by atoms with Crippen LogP contribution in [0.3, 0.4) is 0 Å². The summed E-state index contributed by atoms with van der Waals surface area (Å²) in [5.74, 6) is 0. The maximum atomic E-state index is 12.9. The Morgan fingerprint density at radius 2 is 2.00 bits per heavy atom. The van der Waals surface area contributed by atoms with Gasteiger partial charge in [0.05, 0.1) is 5.56 Å². The van der Waals surface area contributed by atoms with E-state index in [1.54, 1.807) is 17.0 Å². The summed E-state index contributed by atoms with van der Waals surface area (Å²) in [7, 11) is 0. The van der Waals surface area contributed by atoms with E-state index in [0.29, 0.717) is 19.6 Å². The Morgan fingerprint density at radius 3 is 2.65 bits per heavy atom. The molecule has 0 aromatic heterocycles. The van der Waals surface area contributed by atoms with Crippen LogP contribution in [0.5, 0.6) is 0 Å². The lowest BCUT2D eigenvalue weighted by atomic mass is 10.1. The molecule has 1 fully saturated rings. The summed E-state index contributed by atoms with van der Waals surface area (Å²) in [6, 6.07) is 5.98. The molecule has 1 aliphatic rings. The fourth-order valence-corrected chi connectivity index (χ4v) is 2.14. The molecule has 0 unspecified atom stereocenters. The van der Waals surface area contributed by atoms with Crippen molar-refractivity contribution in [1.29, 1.82) is 0 Å². The number of anilines is 1. The zero-order chi connectivity index (χ0) is 12.5. The molecule has 0 aliphatic carbocycles. The summed E-state index contributed by atoms with van der Waals surface area (Å²) in [6.07, 6.45) is -4.29. The topological polar surface area (TPSA) is 15.3 Å². The third-order valence-electron chi connectivity index (χ3n) is 2.92. The van der Waals surface area contributed by atoms with Crippen LogP contribution >= 0.6 is 0 Å². The van der Waals surface area contributed by atoms with Crippen LogP contribution in [0.25, 0.3) is 0 Å². The fraction of sp³-hybridized carbons (Fsp3) is 0.500. The molecule has 5 heteroatoms. The minimum atomic E-state index is -4.29. The molecule has 0 bridgehead atoms. The summed E-state index contributed by atoms with van der Waals surface area (Å²) in [6.45, 7) is 3.90. The molecule has 94 valence electrons. The van der Waals surface area contributed by atoms with Crippen molar-refractivity contribution < 1.29 is 13.2 Å². The first kappa shape index (κ1) is 12.2. The third kappa shape index (κ3) is 2.72. The molecule has 17 heavy (non-hydrogen) atoms. The fourth-order valence-electron chi connectivity index (χ4n) is 2.14. The Hall–Kier alpha value is -1.23. The van der Waals surface area contributed by atoms with Crippen molar-refractivity contribution in [3.63, 3.8) is 0 Å². The van der Waals surface area contributed by atoms with Gasteiger partial charge in [-0.1, -0.05) is 12.1 Å². The Bertz CT molecular complexity index is 390. The van der Waals surface area contributed by atoms with E-state index in [-0.39, 0.29) is 11.7 Å². The molecule has 1 aliphatic heterocycles. The SMILES string of the molecule is C[C@H]1CN(c2ccccc2C(F)(F)F)CCN1. The quantitative estimate of drug-likeness (QED) is 0.816. The number of alkyl halides is 3. The molecule has 1 saturated heterocycles. The van der Waals surface area contributed by atoms with Crippen LogP contribution < -0.4 is 10.2 Å². The zero-order valence-electron chi connectivity index (χ0n) is 9.59. The predicted molar refractivity (Wildman–Crippen MR) is 61.1 cm³/mol. The average Bonchev–Trinajstić information content (AvgIpc) is 2.28. The Kier molecular flexibility index (Phi) is 3.28. The summed E-state index contributed by atoms with van der Waals surface area (Å²) >= 11 is 0. The van der Waals surface area contributed by atoms with Crippen LogP contribution in [-0.4, -0.2) is 25.7 Å². The highest BCUT2D eigenvalue weighted by atomic mass is 19.4. The standard InChI is InChI=1S/C12H15F3N2/c1-9-8-17(7-6-16-9)11-5-3-2-4-10(11)12(13,14)15/h2-5,9,16H,6-8H2,1H3/t9-/m0/s1. The van der Waals surface area contributed by atoms with Gasteiger partial charge in [-0.3, -0.25) is 0 Å². The molecule has 0 spiro atoms. The number of piperazine rings is 1. The number of nitrogens with zero attached hydrogens (tertiary/aromatic N) is 1. The van der Waals surface area contributed by atoms with Gasteiger partial charge in [0.2, 0.25) is 0 Å². The number of nitrogens with one attached hydrogen (secondary N) is 1. The molecule has 1 atom stereocenters. The van der Waals surface area contributed by atoms with Crippen LogP contribution in [0.15, 0.2) is 24.3 Å². The van der Waals surface area contributed by atoms with E-state index in [1.807, 2.05) is 6.92 Å². The molecule has 0 amide bonds. The monoisotopic (exact) mass is 244 g/mol. The summed E-state index contributed by atoms with van der Waals surface area (Å²) in [4.78, 5) is 1.80. The van der Waals surface area contributed by atoms with Gasteiger partial charge in [0.25, 0.3) is 0 Å². The first-order valence-electron chi connectivity index (χ1n) is 5.63. The largest absolute Gasteiger partial charge is 0.418 e. The van der Waals surface area contributed by atoms with E-state index >= 15 is 0 Å². The number of hydrogen-bond donors (Lipinski definition) is 1. The van der Waals surface area contributed by atoms with Gasteiger partial charge in [-0.15, -0.1) is 0 Å². The second-order valence-corrected chi connectivity index (χ2v) is 4.32. The smallest absolute Gasteiger partial charge is 0.368 e. The highest BCUT2D eigenvalue weighted by Crippen LogP contribution is 2.36. The number of rotatable bonds is 1. The van der Waals surface area contributed by atoms with Gasteiger partial charge in [0, 0.05) is 31.4 Å². The molecule has 2 nitrogen and oxygen atoms in total. The molecule has 2 rings (SSSR count). The zero-order valence-corrected chi connectivity index (χ0v) is 9.59. The second kappa shape index (κ2) is 4.56. The lowest BCUT2D eigenvalue weighted by Gasteiger charge is -2.35. The number of para-hydroxylation sites is 1. The molecule has 1 N–H and O–H groups in total. The van der Waals surface area contributed by atoms with Gasteiger partial charge in [-0.05, 0) is 19.1 Å². The van der Waals surface area contributed by atoms with E-state index in [0.717, 1.165) is 6.07 Å². The normalized spacial score (nSPS) is 21.6. The van der Waals surface area contributed by atoms with Crippen molar-refractivity contribution in [2.75, 3.05) is 24.5 Å². The molecule has 1 aromatic carbocycles. The lowest BCUT2D eigenvalue weighted by Crippen LogP contribution is -2.49. The van der Waals surface area contributed by atoms with Crippen LogP contribution in [0, 0.1) is 0 Å². The Balaban J connectivity index is 2.31. The predicted octanol–water partition coefficient (Wildman–Crippen LogP) is 2.50. The number of benzene rings is 1. The second-order valence-electron chi connectivity index (χ2n) is 4.32. The van der Waals surface area contributed by atoms with E-state index < -0.39 is 11.7 Å². The van der Waals surface area contributed by atoms with Crippen molar-refractivity contribution in [3.05, 3.63) is 29.8 Å². The number of halogens is 3. The van der Waals surface area contributed by atoms with E-state index in [2.05, 4.69) is 5.32 Å². The molecule has 0 radical (unpaired) electrons. The Morgan fingerprint density at radius 1 is 1.29 bits per heavy atom. The van der Waals surface area contributed by atoms with E-state index in [1.165, 1.54) is 6.07 Å². The molecular weight excluding hydrogens is 229 g/mol. The van der Waals surface area contributed by atoms with E-state index in [4.69, 9.17) is 0 Å². The van der Waals surface area contributed by atoms with Crippen LogP contribution in [0.2, 0.25) is 0 Å². The maximum absolute atomic E-state index is 12.9. The van der Waals surface area contributed by atoms with Crippen LogP contribution in [0.1, 0.15) is 12.5 Å². The number of hydrogen-bond acceptors (Lipinski definition) is 2. The van der Waals surface area contributed by atoms with Crippen LogP contribution in [0.4, 0.5) is 18.9 Å². The third-order valence-corrected chi connectivity index (χ3v) is 2.92. The highest BCUT2D eigenvalue weighted by molar-refractivity contribution is 5.55. The summed E-state index contributed by atoms with van der Waals surface area (Å²) in [5, 5.41) is 3.22. The first-order chi connectivity index (χ1) is 7.98. The molecule has 1 aromatic rings. The molecular formula is C12H15F3N2. The summed E-state index contributed by atoms with van der Waals surface area (Å²) < 4.78 is 38.6. The van der Waals surface area contributed by atoms with Gasteiger partial charge >= 0.3 is 6.18 Å². The Labute approximate surface area is 98.4 Å². The minimum Gasteiger partial charge on any atom is -0.368 e. The summed E-state index contributed by atoms with van der Waals surface area (Å²) in [5.41, 5.74) is -0.262. The van der Waals surface area contributed by atoms with Gasteiger partial charge in [-0.2, -0.15) is 13.2 Å². The average molecular weight is 244 g/mol. The van der Waals surface area contributed by atoms with Gasteiger partial charge in [0.15, 0.2) is 0 Å². The van der Waals surface area contributed by atoms with Gasteiger partial charge in [-0.25, -0.2) is 0 Å². The minimum absolute atomic E-state index is 0.213. The first-order valence-corrected chi connectivity index (χ1v) is 5.63. The van der Waals surface area contributed by atoms with Crippen molar-refractivity contribution in [3.8, 4) is 0 Å². The van der Waals surface area contributed by atoms with Crippen molar-refractivity contribution in [2.24, 2.45) is 0 Å². The molecule has 1 heterocycles. The molecule has 0 saturated carbocycles. The van der Waals surface area contributed by atoms with E-state index in [9.17, 15) is 13.2 Å². The van der Waals surface area contributed by atoms with Crippen molar-refractivity contribution in [1.82, 2.24) is 5.32 Å².